The van der Waals surface area contributed by atoms with Crippen molar-refractivity contribution in [2.24, 2.45) is 5.92 Å². The van der Waals surface area contributed by atoms with Gasteiger partial charge in [-0.2, -0.15) is 4.31 Å². The molecule has 0 unspecified atom stereocenters. The summed E-state index contributed by atoms with van der Waals surface area (Å²) in [6, 6.07) is 12.6. The first-order valence-corrected chi connectivity index (χ1v) is 8.65. The molecule has 2 aromatic rings. The van der Waals surface area contributed by atoms with Crippen molar-refractivity contribution in [3.8, 4) is 0 Å². The van der Waals surface area contributed by atoms with E-state index in [0.717, 1.165) is 5.39 Å². The minimum Gasteiger partial charge on any atom is -0.481 e. The molecule has 116 valence electrons. The van der Waals surface area contributed by atoms with Gasteiger partial charge in [0.2, 0.25) is 10.0 Å². The molecular formula is C16H17NO4S. The Balaban J connectivity index is 1.95. The van der Waals surface area contributed by atoms with E-state index in [-0.39, 0.29) is 13.1 Å². The topological polar surface area (TPSA) is 74.7 Å². The molecule has 6 heteroatoms. The Hall–Kier alpha value is -1.92. The van der Waals surface area contributed by atoms with Gasteiger partial charge in [-0.25, -0.2) is 8.42 Å². The summed E-state index contributed by atoms with van der Waals surface area (Å²) in [7, 11) is -3.60. The number of carboxylic acid groups (broad SMARTS) is 1. The van der Waals surface area contributed by atoms with Crippen LogP contribution in [0.4, 0.5) is 0 Å². The minimum absolute atomic E-state index is 0.253. The molecule has 0 aliphatic carbocycles. The van der Waals surface area contributed by atoms with Crippen LogP contribution >= 0.6 is 0 Å². The molecule has 1 aliphatic heterocycles. The van der Waals surface area contributed by atoms with Crippen LogP contribution in [0.3, 0.4) is 0 Å². The first-order valence-electron chi connectivity index (χ1n) is 7.21. The molecule has 1 fully saturated rings. The SMILES string of the molecule is O=C(O)C1CCN(S(=O)(=O)c2cccc3ccccc23)CC1. The summed E-state index contributed by atoms with van der Waals surface area (Å²) in [5, 5.41) is 10.6. The highest BCUT2D eigenvalue weighted by molar-refractivity contribution is 7.89. The van der Waals surface area contributed by atoms with E-state index in [9.17, 15) is 13.2 Å². The molecule has 5 nitrogen and oxygen atoms in total. The maximum Gasteiger partial charge on any atom is 0.306 e. The van der Waals surface area contributed by atoms with Crippen molar-refractivity contribution in [3.63, 3.8) is 0 Å². The summed E-state index contributed by atoms with van der Waals surface area (Å²) in [6.45, 7) is 0.505. The van der Waals surface area contributed by atoms with Gasteiger partial charge in [0, 0.05) is 18.5 Å². The van der Waals surface area contributed by atoms with Crippen molar-refractivity contribution in [3.05, 3.63) is 42.5 Å². The van der Waals surface area contributed by atoms with Crippen molar-refractivity contribution in [1.82, 2.24) is 4.31 Å². The van der Waals surface area contributed by atoms with E-state index < -0.39 is 21.9 Å². The zero-order chi connectivity index (χ0) is 15.7. The Labute approximate surface area is 129 Å². The minimum atomic E-state index is -3.60. The van der Waals surface area contributed by atoms with Crippen molar-refractivity contribution >= 4 is 26.8 Å². The number of carboxylic acids is 1. The third-order valence-corrected chi connectivity index (χ3v) is 6.13. The first kappa shape index (κ1) is 15.0. The van der Waals surface area contributed by atoms with Gasteiger partial charge in [-0.3, -0.25) is 4.79 Å². The predicted molar refractivity (Wildman–Crippen MR) is 83.1 cm³/mol. The molecule has 1 N–H and O–H groups in total. The van der Waals surface area contributed by atoms with E-state index in [2.05, 4.69) is 0 Å². The second-order valence-electron chi connectivity index (χ2n) is 5.49. The van der Waals surface area contributed by atoms with Gasteiger partial charge in [0.15, 0.2) is 0 Å². The molecule has 0 saturated carbocycles. The first-order chi connectivity index (χ1) is 10.5. The molecule has 0 bridgehead atoms. The van der Waals surface area contributed by atoms with Gasteiger partial charge in [-0.1, -0.05) is 36.4 Å². The van der Waals surface area contributed by atoms with Crippen molar-refractivity contribution < 1.29 is 18.3 Å². The molecule has 0 radical (unpaired) electrons. The predicted octanol–water partition coefficient (Wildman–Crippen LogP) is 2.33. The second kappa shape index (κ2) is 5.70. The normalized spacial score (nSPS) is 17.6. The average molecular weight is 319 g/mol. The van der Waals surface area contributed by atoms with Crippen LogP contribution in [0.5, 0.6) is 0 Å². The number of hydrogen-bond acceptors (Lipinski definition) is 3. The molecule has 0 aromatic heterocycles. The molecule has 2 aromatic carbocycles. The van der Waals surface area contributed by atoms with Crippen LogP contribution in [-0.4, -0.2) is 36.9 Å². The highest BCUT2D eigenvalue weighted by atomic mass is 32.2. The molecule has 1 aliphatic rings. The lowest BCUT2D eigenvalue weighted by Crippen LogP contribution is -2.40. The van der Waals surface area contributed by atoms with Crippen LogP contribution in [0, 0.1) is 5.92 Å². The van der Waals surface area contributed by atoms with Gasteiger partial charge in [-0.15, -0.1) is 0 Å². The number of sulfonamides is 1. The number of benzene rings is 2. The lowest BCUT2D eigenvalue weighted by atomic mass is 9.99. The number of fused-ring (bicyclic) bond motifs is 1. The largest absolute Gasteiger partial charge is 0.481 e. The fourth-order valence-electron chi connectivity index (χ4n) is 2.90. The number of piperidine rings is 1. The van der Waals surface area contributed by atoms with E-state index in [1.807, 2.05) is 24.3 Å². The number of rotatable bonds is 3. The molecule has 1 heterocycles. The van der Waals surface area contributed by atoms with Crippen LogP contribution < -0.4 is 0 Å². The third kappa shape index (κ3) is 2.60. The van der Waals surface area contributed by atoms with Crippen molar-refractivity contribution in [1.29, 1.82) is 0 Å². The fraction of sp³-hybridized carbons (Fsp3) is 0.312. The number of carbonyl (C=O) groups is 1. The summed E-state index contributed by atoms with van der Waals surface area (Å²) in [5.74, 6) is -1.29. The smallest absolute Gasteiger partial charge is 0.306 e. The van der Waals surface area contributed by atoms with Crippen LogP contribution in [0.2, 0.25) is 0 Å². The maximum atomic E-state index is 12.9. The van der Waals surface area contributed by atoms with E-state index in [1.54, 1.807) is 18.2 Å². The van der Waals surface area contributed by atoms with Gasteiger partial charge >= 0.3 is 5.97 Å². The third-order valence-electron chi connectivity index (χ3n) is 4.17. The number of nitrogens with zero attached hydrogens (tertiary/aromatic N) is 1. The van der Waals surface area contributed by atoms with Crippen molar-refractivity contribution in [2.45, 2.75) is 17.7 Å². The van der Waals surface area contributed by atoms with E-state index in [4.69, 9.17) is 5.11 Å². The maximum absolute atomic E-state index is 12.9. The molecule has 1 saturated heterocycles. The molecule has 0 amide bonds. The Morgan fingerprint density at radius 2 is 1.68 bits per heavy atom. The summed E-state index contributed by atoms with van der Waals surface area (Å²) in [6.07, 6.45) is 0.721. The highest BCUT2D eigenvalue weighted by Gasteiger charge is 2.32. The van der Waals surface area contributed by atoms with Gasteiger partial charge in [0.1, 0.15) is 0 Å². The molecule has 22 heavy (non-hydrogen) atoms. The molecule has 0 atom stereocenters. The Morgan fingerprint density at radius 3 is 2.36 bits per heavy atom. The molecular weight excluding hydrogens is 302 g/mol. The lowest BCUT2D eigenvalue weighted by Gasteiger charge is -2.29. The van der Waals surface area contributed by atoms with Crippen LogP contribution in [0.25, 0.3) is 10.8 Å². The summed E-state index contributed by atoms with van der Waals surface area (Å²) >= 11 is 0. The molecule has 3 rings (SSSR count). The van der Waals surface area contributed by atoms with Crippen LogP contribution in [0.1, 0.15) is 12.8 Å². The van der Waals surface area contributed by atoms with E-state index >= 15 is 0 Å². The Morgan fingerprint density at radius 1 is 1.05 bits per heavy atom. The van der Waals surface area contributed by atoms with Crippen LogP contribution in [-0.2, 0) is 14.8 Å². The number of hydrogen-bond donors (Lipinski definition) is 1. The molecule has 0 spiro atoms. The van der Waals surface area contributed by atoms with Crippen LogP contribution in [0.15, 0.2) is 47.4 Å². The Kier molecular flexibility index (Phi) is 3.88. The average Bonchev–Trinajstić information content (AvgIpc) is 2.54. The van der Waals surface area contributed by atoms with E-state index in [1.165, 1.54) is 4.31 Å². The van der Waals surface area contributed by atoms with Gasteiger partial charge in [0.25, 0.3) is 0 Å². The van der Waals surface area contributed by atoms with Gasteiger partial charge in [-0.05, 0) is 24.3 Å². The number of aliphatic carboxylic acids is 1. The van der Waals surface area contributed by atoms with E-state index in [0.29, 0.717) is 23.1 Å². The second-order valence-corrected chi connectivity index (χ2v) is 7.40. The summed E-state index contributed by atoms with van der Waals surface area (Å²) in [4.78, 5) is 11.3. The highest BCUT2D eigenvalue weighted by Crippen LogP contribution is 2.28. The summed E-state index contributed by atoms with van der Waals surface area (Å²) < 4.78 is 27.1. The quantitative estimate of drug-likeness (QED) is 0.942. The van der Waals surface area contributed by atoms with Gasteiger partial charge < -0.3 is 5.11 Å². The fourth-order valence-corrected chi connectivity index (χ4v) is 4.59. The summed E-state index contributed by atoms with van der Waals surface area (Å²) in [5.41, 5.74) is 0. The standard InChI is InChI=1S/C16H17NO4S/c18-16(19)13-8-10-17(11-9-13)22(20,21)15-7-3-5-12-4-1-2-6-14(12)15/h1-7,13H,8-11H2,(H,18,19). The lowest BCUT2D eigenvalue weighted by molar-refractivity contribution is -0.142. The zero-order valence-electron chi connectivity index (χ0n) is 12.0. The Bertz CT molecular complexity index is 803. The van der Waals surface area contributed by atoms with Crippen molar-refractivity contribution in [2.75, 3.05) is 13.1 Å². The van der Waals surface area contributed by atoms with Gasteiger partial charge in [0.05, 0.1) is 10.8 Å². The zero-order valence-corrected chi connectivity index (χ0v) is 12.8. The monoisotopic (exact) mass is 319 g/mol.